The first-order chi connectivity index (χ1) is 9.42. The zero-order chi connectivity index (χ0) is 14.8. The molecule has 0 aromatic heterocycles. The fourth-order valence-corrected chi connectivity index (χ4v) is 3.38. The molecule has 0 aliphatic heterocycles. The lowest BCUT2D eigenvalue weighted by Crippen LogP contribution is -2.12. The number of nitrogens with one attached hydrogen (secondary N) is 1. The van der Waals surface area contributed by atoms with Gasteiger partial charge in [0.1, 0.15) is 5.75 Å². The maximum Gasteiger partial charge on any atom is 0.261 e. The summed E-state index contributed by atoms with van der Waals surface area (Å²) in [5.74, 6) is 0.424. The SMILES string of the molecule is COc1ccc(S(=O)(=O)Nc2cccc(Br)c2)cc1Cl. The lowest BCUT2D eigenvalue weighted by Gasteiger charge is -2.10. The fraction of sp³-hybridized carbons (Fsp3) is 0.0769. The Balaban J connectivity index is 2.33. The van der Waals surface area contributed by atoms with Crippen LogP contribution in [0, 0.1) is 0 Å². The molecular formula is C13H11BrClNO3S. The summed E-state index contributed by atoms with van der Waals surface area (Å²) in [7, 11) is -2.22. The van der Waals surface area contributed by atoms with E-state index in [-0.39, 0.29) is 9.92 Å². The number of hydrogen-bond acceptors (Lipinski definition) is 3. The van der Waals surface area contributed by atoms with E-state index >= 15 is 0 Å². The van der Waals surface area contributed by atoms with Crippen molar-refractivity contribution in [3.63, 3.8) is 0 Å². The summed E-state index contributed by atoms with van der Waals surface area (Å²) in [5.41, 5.74) is 0.464. The Bertz CT molecular complexity index is 734. The van der Waals surface area contributed by atoms with Crippen molar-refractivity contribution in [1.29, 1.82) is 0 Å². The van der Waals surface area contributed by atoms with Gasteiger partial charge in [0.25, 0.3) is 10.0 Å². The van der Waals surface area contributed by atoms with Gasteiger partial charge < -0.3 is 4.74 Å². The average molecular weight is 377 g/mol. The zero-order valence-corrected chi connectivity index (χ0v) is 13.6. The van der Waals surface area contributed by atoms with Crippen LogP contribution in [0.15, 0.2) is 51.8 Å². The minimum atomic E-state index is -3.69. The van der Waals surface area contributed by atoms with E-state index in [1.807, 2.05) is 6.07 Å². The predicted octanol–water partition coefficient (Wildman–Crippen LogP) is 3.91. The van der Waals surface area contributed by atoms with Crippen LogP contribution in [-0.2, 0) is 10.0 Å². The quantitative estimate of drug-likeness (QED) is 0.880. The van der Waals surface area contributed by atoms with Gasteiger partial charge in [0.15, 0.2) is 0 Å². The number of sulfonamides is 1. The van der Waals surface area contributed by atoms with Crippen molar-refractivity contribution in [2.45, 2.75) is 4.90 Å². The summed E-state index contributed by atoms with van der Waals surface area (Å²) in [5, 5.41) is 0.240. The van der Waals surface area contributed by atoms with Crippen LogP contribution in [0.3, 0.4) is 0 Å². The summed E-state index contributed by atoms with van der Waals surface area (Å²) in [4.78, 5) is 0.0725. The third-order valence-electron chi connectivity index (χ3n) is 2.51. The highest BCUT2D eigenvalue weighted by atomic mass is 79.9. The van der Waals surface area contributed by atoms with Crippen molar-refractivity contribution in [3.05, 3.63) is 52.0 Å². The van der Waals surface area contributed by atoms with Crippen LogP contribution in [0.2, 0.25) is 5.02 Å². The minimum Gasteiger partial charge on any atom is -0.495 e. The topological polar surface area (TPSA) is 55.4 Å². The highest BCUT2D eigenvalue weighted by Gasteiger charge is 2.16. The number of ether oxygens (including phenoxy) is 1. The van der Waals surface area contributed by atoms with Crippen molar-refractivity contribution < 1.29 is 13.2 Å². The van der Waals surface area contributed by atoms with E-state index in [0.717, 1.165) is 4.47 Å². The minimum absolute atomic E-state index is 0.0725. The Hall–Kier alpha value is -1.24. The molecule has 0 fully saturated rings. The second-order valence-electron chi connectivity index (χ2n) is 3.91. The number of anilines is 1. The molecule has 0 aliphatic rings. The molecule has 0 spiro atoms. The third-order valence-corrected chi connectivity index (χ3v) is 4.68. The molecule has 0 amide bonds. The summed E-state index contributed by atoms with van der Waals surface area (Å²) in [6.45, 7) is 0. The lowest BCUT2D eigenvalue weighted by atomic mass is 10.3. The molecular weight excluding hydrogens is 366 g/mol. The maximum absolute atomic E-state index is 12.2. The van der Waals surface area contributed by atoms with Gasteiger partial charge in [-0.05, 0) is 36.4 Å². The van der Waals surface area contributed by atoms with Crippen LogP contribution in [0.25, 0.3) is 0 Å². The van der Waals surface area contributed by atoms with Gasteiger partial charge in [-0.2, -0.15) is 0 Å². The van der Waals surface area contributed by atoms with Gasteiger partial charge >= 0.3 is 0 Å². The van der Waals surface area contributed by atoms with Crippen LogP contribution in [0.5, 0.6) is 5.75 Å². The molecule has 2 aromatic rings. The first-order valence-corrected chi connectivity index (χ1v) is 8.20. The molecule has 0 saturated heterocycles. The Morgan fingerprint density at radius 1 is 1.20 bits per heavy atom. The summed E-state index contributed by atoms with van der Waals surface area (Å²) >= 11 is 9.22. The summed E-state index contributed by atoms with van der Waals surface area (Å²) < 4.78 is 32.7. The van der Waals surface area contributed by atoms with Gasteiger partial charge in [0, 0.05) is 10.2 Å². The molecule has 0 saturated carbocycles. The summed E-state index contributed by atoms with van der Waals surface area (Å²) in [6, 6.07) is 11.2. The van der Waals surface area contributed by atoms with Gasteiger partial charge in [0.05, 0.1) is 17.0 Å². The van der Waals surface area contributed by atoms with Crippen LogP contribution >= 0.6 is 27.5 Å². The average Bonchev–Trinajstić information content (AvgIpc) is 2.38. The second-order valence-corrected chi connectivity index (χ2v) is 6.92. The monoisotopic (exact) mass is 375 g/mol. The first-order valence-electron chi connectivity index (χ1n) is 5.54. The molecule has 4 nitrogen and oxygen atoms in total. The number of halogens is 2. The smallest absolute Gasteiger partial charge is 0.261 e. The highest BCUT2D eigenvalue weighted by Crippen LogP contribution is 2.28. The lowest BCUT2D eigenvalue weighted by molar-refractivity contribution is 0.414. The van der Waals surface area contributed by atoms with Crippen molar-refractivity contribution in [2.75, 3.05) is 11.8 Å². The van der Waals surface area contributed by atoms with Gasteiger partial charge in [-0.15, -0.1) is 0 Å². The Kier molecular flexibility index (Phi) is 4.57. The molecule has 0 unspecified atom stereocenters. The summed E-state index contributed by atoms with van der Waals surface area (Å²) in [6.07, 6.45) is 0. The predicted molar refractivity (Wildman–Crippen MR) is 83.0 cm³/mol. The largest absolute Gasteiger partial charge is 0.495 e. The van der Waals surface area contributed by atoms with Crippen molar-refractivity contribution >= 4 is 43.2 Å². The van der Waals surface area contributed by atoms with Crippen molar-refractivity contribution in [1.82, 2.24) is 0 Å². The molecule has 20 heavy (non-hydrogen) atoms. The number of hydrogen-bond donors (Lipinski definition) is 1. The molecule has 106 valence electrons. The number of methoxy groups -OCH3 is 1. The molecule has 0 bridgehead atoms. The van der Waals surface area contributed by atoms with E-state index < -0.39 is 10.0 Å². The maximum atomic E-state index is 12.2. The van der Waals surface area contributed by atoms with Gasteiger partial charge in [0.2, 0.25) is 0 Å². The van der Waals surface area contributed by atoms with Crippen LogP contribution in [0.1, 0.15) is 0 Å². The molecule has 0 aliphatic carbocycles. The molecule has 0 radical (unpaired) electrons. The zero-order valence-electron chi connectivity index (χ0n) is 10.4. The second kappa shape index (κ2) is 6.03. The van der Waals surface area contributed by atoms with Gasteiger partial charge in [-0.3, -0.25) is 4.72 Å². The molecule has 2 aromatic carbocycles. The molecule has 2 rings (SSSR count). The normalized spacial score (nSPS) is 11.2. The number of benzene rings is 2. The van der Waals surface area contributed by atoms with E-state index in [4.69, 9.17) is 16.3 Å². The van der Waals surface area contributed by atoms with E-state index in [2.05, 4.69) is 20.7 Å². The molecule has 0 atom stereocenters. The molecule has 1 N–H and O–H groups in total. The third kappa shape index (κ3) is 3.45. The first kappa shape index (κ1) is 15.2. The highest BCUT2D eigenvalue weighted by molar-refractivity contribution is 9.10. The number of rotatable bonds is 4. The van der Waals surface area contributed by atoms with Crippen LogP contribution in [-0.4, -0.2) is 15.5 Å². The van der Waals surface area contributed by atoms with E-state index in [9.17, 15) is 8.42 Å². The van der Waals surface area contributed by atoms with E-state index in [1.165, 1.54) is 25.3 Å². The van der Waals surface area contributed by atoms with Crippen LogP contribution < -0.4 is 9.46 Å². The Labute approximate surface area is 130 Å². The Morgan fingerprint density at radius 3 is 2.55 bits per heavy atom. The fourth-order valence-electron chi connectivity index (χ4n) is 1.58. The molecule has 0 heterocycles. The Morgan fingerprint density at radius 2 is 1.95 bits per heavy atom. The standard InChI is InChI=1S/C13H11BrClNO3S/c1-19-13-6-5-11(8-12(13)15)20(17,18)16-10-4-2-3-9(14)7-10/h2-8,16H,1H3. The van der Waals surface area contributed by atoms with E-state index in [1.54, 1.807) is 18.2 Å². The van der Waals surface area contributed by atoms with Crippen molar-refractivity contribution in [2.24, 2.45) is 0 Å². The van der Waals surface area contributed by atoms with Crippen LogP contribution in [0.4, 0.5) is 5.69 Å². The van der Waals surface area contributed by atoms with Gasteiger partial charge in [-0.25, -0.2) is 8.42 Å². The van der Waals surface area contributed by atoms with Gasteiger partial charge in [-0.1, -0.05) is 33.6 Å². The molecule has 7 heteroatoms. The van der Waals surface area contributed by atoms with Crippen molar-refractivity contribution in [3.8, 4) is 5.75 Å². The van der Waals surface area contributed by atoms with E-state index in [0.29, 0.717) is 11.4 Å².